The molecule has 0 unspecified atom stereocenters. The van der Waals surface area contributed by atoms with Gasteiger partial charge < -0.3 is 19.5 Å². The fourth-order valence-corrected chi connectivity index (χ4v) is 4.29. The number of rotatable bonds is 9. The predicted octanol–water partition coefficient (Wildman–Crippen LogP) is 4.70. The minimum Gasteiger partial charge on any atom is -0.488 e. The SMILES string of the molecule is CC(C)Cn1c(C(=O)NCCN2CCCC2)cc2c(OCc3ccccc3)cccc21. The van der Waals surface area contributed by atoms with Crippen LogP contribution >= 0.6 is 0 Å². The summed E-state index contributed by atoms with van der Waals surface area (Å²) in [6, 6.07) is 18.2. The molecule has 2 aromatic carbocycles. The molecule has 2 heterocycles. The summed E-state index contributed by atoms with van der Waals surface area (Å²) in [5, 5.41) is 4.13. The van der Waals surface area contributed by atoms with Crippen molar-refractivity contribution in [2.45, 2.75) is 39.8 Å². The first kappa shape index (κ1) is 21.4. The molecular formula is C26H33N3O2. The molecule has 0 saturated carbocycles. The van der Waals surface area contributed by atoms with E-state index in [2.05, 4.69) is 46.8 Å². The van der Waals surface area contributed by atoms with Crippen molar-refractivity contribution in [2.24, 2.45) is 5.92 Å². The molecule has 0 bridgehead atoms. The van der Waals surface area contributed by atoms with E-state index < -0.39 is 0 Å². The highest BCUT2D eigenvalue weighted by Crippen LogP contribution is 2.30. The van der Waals surface area contributed by atoms with Crippen molar-refractivity contribution in [3.63, 3.8) is 0 Å². The number of hydrogen-bond donors (Lipinski definition) is 1. The Labute approximate surface area is 185 Å². The van der Waals surface area contributed by atoms with Crippen LogP contribution in [0.5, 0.6) is 5.75 Å². The highest BCUT2D eigenvalue weighted by molar-refractivity contribution is 6.00. The standard InChI is InChI=1S/C26H33N3O2/c1-20(2)18-29-23-11-8-12-25(31-19-21-9-4-3-5-10-21)22(23)17-24(29)26(30)27-13-16-28-14-6-7-15-28/h3-5,8-12,17,20H,6-7,13-16,18-19H2,1-2H3,(H,27,30). The molecular weight excluding hydrogens is 386 g/mol. The van der Waals surface area contributed by atoms with Crippen LogP contribution in [-0.4, -0.2) is 41.6 Å². The number of likely N-dealkylation sites (tertiary alicyclic amines) is 1. The topological polar surface area (TPSA) is 46.5 Å². The maximum absolute atomic E-state index is 13.1. The highest BCUT2D eigenvalue weighted by Gasteiger charge is 2.19. The van der Waals surface area contributed by atoms with Gasteiger partial charge in [0.1, 0.15) is 18.1 Å². The number of benzene rings is 2. The molecule has 1 saturated heterocycles. The van der Waals surface area contributed by atoms with Gasteiger partial charge in [0.25, 0.3) is 5.91 Å². The van der Waals surface area contributed by atoms with Gasteiger partial charge in [-0.1, -0.05) is 50.2 Å². The normalized spacial score (nSPS) is 14.4. The van der Waals surface area contributed by atoms with Crippen LogP contribution in [0.25, 0.3) is 10.9 Å². The molecule has 31 heavy (non-hydrogen) atoms. The second-order valence-corrected chi connectivity index (χ2v) is 8.80. The van der Waals surface area contributed by atoms with Gasteiger partial charge in [0, 0.05) is 25.0 Å². The van der Waals surface area contributed by atoms with E-state index in [1.165, 1.54) is 12.8 Å². The minimum atomic E-state index is -0.00921. The molecule has 0 spiro atoms. The van der Waals surface area contributed by atoms with Crippen LogP contribution < -0.4 is 10.1 Å². The summed E-state index contributed by atoms with van der Waals surface area (Å²) < 4.78 is 8.29. The van der Waals surface area contributed by atoms with Gasteiger partial charge in [-0.15, -0.1) is 0 Å². The van der Waals surface area contributed by atoms with E-state index in [0.29, 0.717) is 24.8 Å². The third-order valence-corrected chi connectivity index (χ3v) is 5.84. The number of carbonyl (C=O) groups excluding carboxylic acids is 1. The number of amides is 1. The maximum atomic E-state index is 13.1. The van der Waals surface area contributed by atoms with E-state index in [1.807, 2.05) is 36.4 Å². The lowest BCUT2D eigenvalue weighted by Gasteiger charge is -2.16. The number of hydrogen-bond acceptors (Lipinski definition) is 3. The number of aromatic nitrogens is 1. The smallest absolute Gasteiger partial charge is 0.267 e. The first-order valence-corrected chi connectivity index (χ1v) is 11.4. The first-order valence-electron chi connectivity index (χ1n) is 11.4. The quantitative estimate of drug-likeness (QED) is 0.547. The highest BCUT2D eigenvalue weighted by atomic mass is 16.5. The van der Waals surface area contributed by atoms with Crippen molar-refractivity contribution in [1.82, 2.24) is 14.8 Å². The molecule has 164 valence electrons. The molecule has 1 aliphatic rings. The third-order valence-electron chi connectivity index (χ3n) is 5.84. The van der Waals surface area contributed by atoms with Crippen molar-refractivity contribution in [2.75, 3.05) is 26.2 Å². The van der Waals surface area contributed by atoms with E-state index in [0.717, 1.165) is 48.4 Å². The largest absolute Gasteiger partial charge is 0.488 e. The van der Waals surface area contributed by atoms with Gasteiger partial charge in [-0.25, -0.2) is 0 Å². The summed E-state index contributed by atoms with van der Waals surface area (Å²) in [4.78, 5) is 15.5. The zero-order valence-corrected chi connectivity index (χ0v) is 18.6. The van der Waals surface area contributed by atoms with Gasteiger partial charge in [-0.2, -0.15) is 0 Å². The van der Waals surface area contributed by atoms with E-state index in [-0.39, 0.29) is 5.91 Å². The second kappa shape index (κ2) is 10.0. The number of ether oxygens (including phenoxy) is 1. The van der Waals surface area contributed by atoms with Crippen LogP contribution in [0.4, 0.5) is 0 Å². The number of fused-ring (bicyclic) bond motifs is 1. The van der Waals surface area contributed by atoms with Gasteiger partial charge in [-0.3, -0.25) is 4.79 Å². The van der Waals surface area contributed by atoms with E-state index in [9.17, 15) is 4.79 Å². The van der Waals surface area contributed by atoms with Crippen LogP contribution in [0.3, 0.4) is 0 Å². The van der Waals surface area contributed by atoms with Crippen LogP contribution in [0.2, 0.25) is 0 Å². The third kappa shape index (κ3) is 5.28. The molecule has 5 heteroatoms. The lowest BCUT2D eigenvalue weighted by atomic mass is 10.2. The Bertz CT molecular complexity index is 1000. The molecule has 1 aromatic heterocycles. The summed E-state index contributed by atoms with van der Waals surface area (Å²) in [6.45, 7) is 9.54. The van der Waals surface area contributed by atoms with E-state index in [4.69, 9.17) is 4.74 Å². The van der Waals surface area contributed by atoms with Crippen LogP contribution in [-0.2, 0) is 13.2 Å². The average molecular weight is 420 g/mol. The lowest BCUT2D eigenvalue weighted by molar-refractivity contribution is 0.0940. The lowest BCUT2D eigenvalue weighted by Crippen LogP contribution is -2.34. The average Bonchev–Trinajstić information content (AvgIpc) is 3.41. The predicted molar refractivity (Wildman–Crippen MR) is 126 cm³/mol. The van der Waals surface area contributed by atoms with Gasteiger partial charge in [0.05, 0.1) is 5.52 Å². The monoisotopic (exact) mass is 419 g/mol. The van der Waals surface area contributed by atoms with Crippen LogP contribution in [0.1, 0.15) is 42.7 Å². The molecule has 0 radical (unpaired) electrons. The summed E-state index contributed by atoms with van der Waals surface area (Å²) in [7, 11) is 0. The molecule has 0 atom stereocenters. The fraction of sp³-hybridized carbons (Fsp3) is 0.423. The van der Waals surface area contributed by atoms with Gasteiger partial charge >= 0.3 is 0 Å². The summed E-state index contributed by atoms with van der Waals surface area (Å²) >= 11 is 0. The Morgan fingerprint density at radius 1 is 1.06 bits per heavy atom. The Balaban J connectivity index is 1.55. The van der Waals surface area contributed by atoms with Crippen molar-refractivity contribution < 1.29 is 9.53 Å². The minimum absolute atomic E-state index is 0.00921. The Kier molecular flexibility index (Phi) is 6.92. The molecule has 5 nitrogen and oxygen atoms in total. The van der Waals surface area contributed by atoms with Crippen molar-refractivity contribution >= 4 is 16.8 Å². The van der Waals surface area contributed by atoms with Crippen molar-refractivity contribution in [3.8, 4) is 5.75 Å². The zero-order valence-electron chi connectivity index (χ0n) is 18.6. The molecule has 1 amide bonds. The Morgan fingerprint density at radius 3 is 2.58 bits per heavy atom. The Morgan fingerprint density at radius 2 is 1.84 bits per heavy atom. The van der Waals surface area contributed by atoms with Crippen LogP contribution in [0.15, 0.2) is 54.6 Å². The van der Waals surface area contributed by atoms with Gasteiger partial charge in [-0.05, 0) is 55.6 Å². The first-order chi connectivity index (χ1) is 15.1. The number of carbonyl (C=O) groups is 1. The second-order valence-electron chi connectivity index (χ2n) is 8.80. The Hall–Kier alpha value is -2.79. The van der Waals surface area contributed by atoms with Crippen LogP contribution in [0, 0.1) is 5.92 Å². The van der Waals surface area contributed by atoms with E-state index in [1.54, 1.807) is 0 Å². The summed E-state index contributed by atoms with van der Waals surface area (Å²) in [5.41, 5.74) is 2.88. The zero-order chi connectivity index (χ0) is 21.6. The molecule has 3 aromatic rings. The molecule has 0 aliphatic carbocycles. The summed E-state index contributed by atoms with van der Waals surface area (Å²) in [5.74, 6) is 1.24. The molecule has 4 rings (SSSR count). The van der Waals surface area contributed by atoms with Crippen molar-refractivity contribution in [3.05, 3.63) is 65.9 Å². The molecule has 1 fully saturated rings. The number of nitrogens with zero attached hydrogens (tertiary/aromatic N) is 2. The molecule has 1 aliphatic heterocycles. The van der Waals surface area contributed by atoms with Gasteiger partial charge in [0.2, 0.25) is 0 Å². The van der Waals surface area contributed by atoms with Crippen molar-refractivity contribution in [1.29, 1.82) is 0 Å². The van der Waals surface area contributed by atoms with E-state index >= 15 is 0 Å². The number of nitrogens with one attached hydrogen (secondary N) is 1. The molecule has 1 N–H and O–H groups in total. The van der Waals surface area contributed by atoms with Gasteiger partial charge in [0.15, 0.2) is 0 Å². The summed E-state index contributed by atoms with van der Waals surface area (Å²) in [6.07, 6.45) is 2.53. The maximum Gasteiger partial charge on any atom is 0.267 e. The fourth-order valence-electron chi connectivity index (χ4n) is 4.29.